The Morgan fingerprint density at radius 1 is 1.14 bits per heavy atom. The summed E-state index contributed by atoms with van der Waals surface area (Å²) in [7, 11) is 0. The predicted octanol–water partition coefficient (Wildman–Crippen LogP) is 1.89. The highest BCUT2D eigenvalue weighted by Gasteiger charge is 2.28. The molecule has 29 heavy (non-hydrogen) atoms. The van der Waals surface area contributed by atoms with E-state index in [-0.39, 0.29) is 17.5 Å². The van der Waals surface area contributed by atoms with Gasteiger partial charge in [0, 0.05) is 11.8 Å². The highest BCUT2D eigenvalue weighted by Crippen LogP contribution is 2.17. The van der Waals surface area contributed by atoms with Crippen LogP contribution < -0.4 is 10.9 Å². The Labute approximate surface area is 167 Å². The number of carboxylic acid groups (broad SMARTS) is 1. The van der Waals surface area contributed by atoms with Gasteiger partial charge in [-0.15, -0.1) is 0 Å². The van der Waals surface area contributed by atoms with Gasteiger partial charge in [-0.25, -0.2) is 4.39 Å². The van der Waals surface area contributed by atoms with Crippen LogP contribution in [-0.4, -0.2) is 40.0 Å². The fourth-order valence-electron chi connectivity index (χ4n) is 3.06. The number of nitrogens with zero attached hydrogens (tertiary/aromatic N) is 1. The molecular weight excluding hydrogens is 379 g/mol. The molecule has 0 saturated carbocycles. The quantitative estimate of drug-likeness (QED) is 0.631. The van der Waals surface area contributed by atoms with Gasteiger partial charge in [-0.3, -0.25) is 19.2 Å². The summed E-state index contributed by atoms with van der Waals surface area (Å²) in [4.78, 5) is 48.1. The fourth-order valence-corrected chi connectivity index (χ4v) is 3.06. The van der Waals surface area contributed by atoms with Crippen LogP contribution >= 0.6 is 0 Å². The number of carboxylic acids is 1. The molecule has 0 aliphatic rings. The number of Topliss-reactive ketones (excluding diaryl/α,β-unsaturated/α-hetero) is 1. The first kappa shape index (κ1) is 22.0. The number of aliphatic carboxylic acids is 1. The molecule has 1 heterocycles. The van der Waals surface area contributed by atoms with Crippen LogP contribution in [0.25, 0.3) is 0 Å². The SMILES string of the molecule is CCC(C(=O)NC(CC(=O)O)C(=O)CF)c1cccn(Cc2ccccc2)c1=O. The van der Waals surface area contributed by atoms with Crippen LogP contribution in [0.15, 0.2) is 53.5 Å². The zero-order chi connectivity index (χ0) is 21.4. The number of rotatable bonds is 10. The smallest absolute Gasteiger partial charge is 0.305 e. The number of aromatic nitrogens is 1. The van der Waals surface area contributed by atoms with Crippen molar-refractivity contribution in [1.82, 2.24) is 9.88 Å². The minimum Gasteiger partial charge on any atom is -0.481 e. The number of ketones is 1. The Morgan fingerprint density at radius 2 is 1.83 bits per heavy atom. The summed E-state index contributed by atoms with van der Waals surface area (Å²) in [6, 6.07) is 11.0. The average molecular weight is 402 g/mol. The fraction of sp³-hybridized carbons (Fsp3) is 0.333. The Bertz CT molecular complexity index is 926. The molecule has 154 valence electrons. The lowest BCUT2D eigenvalue weighted by molar-refractivity contribution is -0.140. The van der Waals surface area contributed by atoms with Gasteiger partial charge in [0.05, 0.1) is 18.9 Å². The molecule has 7 nitrogen and oxygen atoms in total. The summed E-state index contributed by atoms with van der Waals surface area (Å²) in [5.74, 6) is -3.94. The van der Waals surface area contributed by atoms with Gasteiger partial charge in [0.2, 0.25) is 5.91 Å². The van der Waals surface area contributed by atoms with E-state index in [1.54, 1.807) is 19.2 Å². The van der Waals surface area contributed by atoms with Crippen molar-refractivity contribution in [2.24, 2.45) is 0 Å². The van der Waals surface area contributed by atoms with Crippen molar-refractivity contribution in [2.75, 3.05) is 6.67 Å². The third kappa shape index (κ3) is 5.84. The minimum absolute atomic E-state index is 0.227. The van der Waals surface area contributed by atoms with Gasteiger partial charge in [-0.1, -0.05) is 43.3 Å². The Hall–Kier alpha value is -3.29. The van der Waals surface area contributed by atoms with Crippen LogP contribution in [0.3, 0.4) is 0 Å². The summed E-state index contributed by atoms with van der Waals surface area (Å²) in [6.45, 7) is 0.638. The van der Waals surface area contributed by atoms with Gasteiger partial charge < -0.3 is 15.0 Å². The lowest BCUT2D eigenvalue weighted by Gasteiger charge is -2.20. The van der Waals surface area contributed by atoms with Crippen molar-refractivity contribution >= 4 is 17.7 Å². The number of hydrogen-bond acceptors (Lipinski definition) is 4. The monoisotopic (exact) mass is 402 g/mol. The van der Waals surface area contributed by atoms with E-state index in [2.05, 4.69) is 5.32 Å². The molecule has 0 aliphatic heterocycles. The number of carbonyl (C=O) groups excluding carboxylic acids is 2. The summed E-state index contributed by atoms with van der Waals surface area (Å²) in [6.07, 6.45) is 1.14. The normalized spacial score (nSPS) is 12.8. The van der Waals surface area contributed by atoms with Crippen molar-refractivity contribution < 1.29 is 23.9 Å². The number of amides is 1. The largest absolute Gasteiger partial charge is 0.481 e. The van der Waals surface area contributed by atoms with Crippen LogP contribution in [0.5, 0.6) is 0 Å². The molecule has 2 aromatic rings. The number of pyridine rings is 1. The molecular formula is C21H23FN2O5. The van der Waals surface area contributed by atoms with E-state index in [9.17, 15) is 23.6 Å². The molecule has 0 radical (unpaired) electrons. The molecule has 2 N–H and O–H groups in total. The van der Waals surface area contributed by atoms with Crippen molar-refractivity contribution in [3.8, 4) is 0 Å². The Kier molecular flexibility index (Phi) is 7.82. The molecule has 8 heteroatoms. The van der Waals surface area contributed by atoms with Crippen LogP contribution in [0.4, 0.5) is 4.39 Å². The second kappa shape index (κ2) is 10.3. The lowest BCUT2D eigenvalue weighted by Crippen LogP contribution is -2.45. The first-order valence-electron chi connectivity index (χ1n) is 9.21. The molecule has 1 amide bonds. The minimum atomic E-state index is -1.48. The predicted molar refractivity (Wildman–Crippen MR) is 104 cm³/mol. The van der Waals surface area contributed by atoms with E-state index < -0.39 is 42.7 Å². The molecule has 0 saturated heterocycles. The second-order valence-electron chi connectivity index (χ2n) is 6.60. The van der Waals surface area contributed by atoms with Crippen LogP contribution in [0.1, 0.15) is 36.8 Å². The standard InChI is InChI=1S/C21H23FN2O5/c1-2-15(20(28)23-17(11-19(26)27)18(25)12-22)16-9-6-10-24(21(16)29)13-14-7-4-3-5-8-14/h3-10,15,17H,2,11-13H2,1H3,(H,23,28)(H,26,27). The highest BCUT2D eigenvalue weighted by atomic mass is 19.1. The third-order valence-corrected chi connectivity index (χ3v) is 4.56. The molecule has 1 aromatic carbocycles. The second-order valence-corrected chi connectivity index (χ2v) is 6.60. The van der Waals surface area contributed by atoms with Crippen molar-refractivity contribution in [3.63, 3.8) is 0 Å². The van der Waals surface area contributed by atoms with Crippen molar-refractivity contribution in [1.29, 1.82) is 0 Å². The molecule has 0 bridgehead atoms. The molecule has 0 aliphatic carbocycles. The molecule has 0 spiro atoms. The number of nitrogens with one attached hydrogen (secondary N) is 1. The van der Waals surface area contributed by atoms with Crippen LogP contribution in [0, 0.1) is 0 Å². The van der Waals surface area contributed by atoms with E-state index in [1.165, 1.54) is 10.6 Å². The van der Waals surface area contributed by atoms with Crippen molar-refractivity contribution in [2.45, 2.75) is 38.3 Å². The third-order valence-electron chi connectivity index (χ3n) is 4.56. The topological polar surface area (TPSA) is 105 Å². The van der Waals surface area contributed by atoms with E-state index in [0.29, 0.717) is 6.54 Å². The number of hydrogen-bond donors (Lipinski definition) is 2. The van der Waals surface area contributed by atoms with E-state index in [0.717, 1.165) is 5.56 Å². The van der Waals surface area contributed by atoms with Gasteiger partial charge in [0.15, 0.2) is 5.78 Å². The first-order valence-corrected chi connectivity index (χ1v) is 9.21. The first-order chi connectivity index (χ1) is 13.9. The van der Waals surface area contributed by atoms with Gasteiger partial charge in [-0.2, -0.15) is 0 Å². The van der Waals surface area contributed by atoms with Gasteiger partial charge in [-0.05, 0) is 18.1 Å². The summed E-state index contributed by atoms with van der Waals surface area (Å²) < 4.78 is 14.2. The lowest BCUT2D eigenvalue weighted by atomic mass is 9.95. The molecule has 2 atom stereocenters. The Balaban J connectivity index is 2.27. The summed E-state index contributed by atoms with van der Waals surface area (Å²) in [5.41, 5.74) is 0.787. The maximum Gasteiger partial charge on any atom is 0.305 e. The van der Waals surface area contributed by atoms with Gasteiger partial charge >= 0.3 is 5.97 Å². The van der Waals surface area contributed by atoms with Crippen LogP contribution in [0.2, 0.25) is 0 Å². The van der Waals surface area contributed by atoms with Gasteiger partial charge in [0.25, 0.3) is 5.56 Å². The zero-order valence-corrected chi connectivity index (χ0v) is 16.0. The van der Waals surface area contributed by atoms with E-state index >= 15 is 0 Å². The average Bonchev–Trinajstić information content (AvgIpc) is 2.70. The molecule has 1 aromatic heterocycles. The summed E-state index contributed by atoms with van der Waals surface area (Å²) in [5, 5.41) is 11.2. The maximum atomic E-state index is 12.9. The Morgan fingerprint density at radius 3 is 2.41 bits per heavy atom. The zero-order valence-electron chi connectivity index (χ0n) is 16.0. The molecule has 2 rings (SSSR count). The maximum absolute atomic E-state index is 12.9. The van der Waals surface area contributed by atoms with Gasteiger partial charge in [0.1, 0.15) is 12.7 Å². The van der Waals surface area contributed by atoms with E-state index in [4.69, 9.17) is 5.11 Å². The molecule has 2 unspecified atom stereocenters. The highest BCUT2D eigenvalue weighted by molar-refractivity contribution is 5.94. The van der Waals surface area contributed by atoms with Crippen LogP contribution in [-0.2, 0) is 20.9 Å². The number of halogens is 1. The number of benzene rings is 1. The number of carbonyl (C=O) groups is 3. The number of alkyl halides is 1. The van der Waals surface area contributed by atoms with E-state index in [1.807, 2.05) is 30.3 Å². The molecule has 0 fully saturated rings. The summed E-state index contributed by atoms with van der Waals surface area (Å²) >= 11 is 0. The van der Waals surface area contributed by atoms with Crippen molar-refractivity contribution in [3.05, 3.63) is 70.1 Å².